The smallest absolute Gasteiger partial charge is 0.412 e. The summed E-state index contributed by atoms with van der Waals surface area (Å²) in [5, 5.41) is 13.3. The minimum absolute atomic E-state index is 0.0229. The van der Waals surface area contributed by atoms with Crippen molar-refractivity contribution >= 4 is 78.4 Å². The predicted octanol–water partition coefficient (Wildman–Crippen LogP) is 8.32. The maximum absolute atomic E-state index is 17.0. The van der Waals surface area contributed by atoms with Crippen molar-refractivity contribution in [1.82, 2.24) is 15.0 Å². The molecule has 0 saturated heterocycles. The molecule has 0 fully saturated rings. The van der Waals surface area contributed by atoms with Gasteiger partial charge in [-0.25, -0.2) is 28.5 Å². The molecule has 3 aromatic heterocycles. The number of nitriles is 1. The minimum atomic E-state index is -0.827. The molecule has 2 aromatic carbocycles. The van der Waals surface area contributed by atoms with Crippen LogP contribution in [0.4, 0.5) is 30.2 Å². The molecule has 15 heteroatoms. The highest BCUT2D eigenvalue weighted by Gasteiger charge is 2.33. The van der Waals surface area contributed by atoms with Crippen LogP contribution in [-0.4, -0.2) is 46.1 Å². The number of thiophene rings is 1. The maximum atomic E-state index is 17.0. The predicted molar refractivity (Wildman–Crippen MR) is 182 cm³/mol. The monoisotopic (exact) mass is 695 g/mol. The Morgan fingerprint density at radius 1 is 1.28 bits per heavy atom. The molecule has 4 heterocycles. The van der Waals surface area contributed by atoms with E-state index in [1.165, 1.54) is 17.8 Å². The number of nitrogens with one attached hydrogen (secondary N) is 1. The highest BCUT2D eigenvalue weighted by molar-refractivity contribution is 7.98. The van der Waals surface area contributed by atoms with Crippen molar-refractivity contribution in [2.75, 3.05) is 35.4 Å². The molecule has 0 radical (unpaired) electrons. The molecule has 0 spiro atoms. The first-order chi connectivity index (χ1) is 22.3. The topological polar surface area (TPSA) is 139 Å². The third kappa shape index (κ3) is 5.72. The molecule has 1 aliphatic heterocycles. The normalized spacial score (nSPS) is 13.6. The second-order valence-corrected chi connectivity index (χ2v) is 13.8. The lowest BCUT2D eigenvalue weighted by Crippen LogP contribution is -2.31. The van der Waals surface area contributed by atoms with Crippen molar-refractivity contribution in [2.24, 2.45) is 0 Å². The third-order valence-corrected chi connectivity index (χ3v) is 9.57. The molecule has 1 amide bonds. The summed E-state index contributed by atoms with van der Waals surface area (Å²) in [6.07, 6.45) is 2.55. The molecule has 242 valence electrons. The lowest BCUT2D eigenvalue weighted by molar-refractivity contribution is 0.0636. The Morgan fingerprint density at radius 3 is 2.72 bits per heavy atom. The second-order valence-electron chi connectivity index (χ2n) is 11.6. The third-order valence-electron chi connectivity index (χ3n) is 7.55. The van der Waals surface area contributed by atoms with Gasteiger partial charge in [-0.15, -0.1) is 11.3 Å². The fourth-order valence-corrected chi connectivity index (χ4v) is 7.32. The second kappa shape index (κ2) is 12.3. The number of hydrogen-bond acceptors (Lipinski definition) is 11. The highest BCUT2D eigenvalue weighted by atomic mass is 35.5. The number of rotatable bonds is 5. The van der Waals surface area contributed by atoms with Crippen LogP contribution in [0.3, 0.4) is 0 Å². The van der Waals surface area contributed by atoms with E-state index < -0.39 is 23.3 Å². The molecule has 47 heavy (non-hydrogen) atoms. The van der Waals surface area contributed by atoms with Gasteiger partial charge in [-0.2, -0.15) is 5.26 Å². The number of nitrogens with zero attached hydrogens (tertiary/aromatic N) is 5. The molecule has 5 aromatic rings. The van der Waals surface area contributed by atoms with Gasteiger partial charge in [-0.05, 0) is 51.6 Å². The van der Waals surface area contributed by atoms with Crippen molar-refractivity contribution in [2.45, 2.75) is 44.5 Å². The Labute approximate surface area is 281 Å². The molecule has 0 saturated carbocycles. The zero-order valence-corrected chi connectivity index (χ0v) is 28.3. The molecule has 1 atom stereocenters. The van der Waals surface area contributed by atoms with Gasteiger partial charge in [-0.3, -0.25) is 5.32 Å². The summed E-state index contributed by atoms with van der Waals surface area (Å²) in [4.78, 5) is 28.1. The number of nitrogens with two attached hydrogens (primary N) is 1. The van der Waals surface area contributed by atoms with Crippen molar-refractivity contribution in [3.63, 3.8) is 0 Å². The Balaban J connectivity index is 1.60. The number of thioether (sulfide) groups is 1. The van der Waals surface area contributed by atoms with Crippen molar-refractivity contribution in [3.8, 4) is 22.9 Å². The molecule has 0 unspecified atom stereocenters. The van der Waals surface area contributed by atoms with Crippen LogP contribution in [0.2, 0.25) is 5.02 Å². The van der Waals surface area contributed by atoms with Crippen LogP contribution in [-0.2, 0) is 4.74 Å². The summed E-state index contributed by atoms with van der Waals surface area (Å²) in [5.74, 6) is -0.575. The maximum Gasteiger partial charge on any atom is 0.412 e. The lowest BCUT2D eigenvalue weighted by Gasteiger charge is -2.30. The Hall–Kier alpha value is -4.45. The Morgan fingerprint density at radius 2 is 2.04 bits per heavy atom. The van der Waals surface area contributed by atoms with Gasteiger partial charge in [0.1, 0.15) is 46.2 Å². The van der Waals surface area contributed by atoms with Gasteiger partial charge in [0.25, 0.3) is 0 Å². The van der Waals surface area contributed by atoms with E-state index in [2.05, 4.69) is 15.3 Å². The quantitative estimate of drug-likeness (QED) is 0.136. The SMILES string of the molecule is CSc1nc2c3c(c(Cl)c(-c4ccc(F)c5sc(NC(=O)OC(C)(C)C)c(C#N)c45)c(F)c3n1)OCCN2[C@H](C)c1cccnc1N. The van der Waals surface area contributed by atoms with E-state index >= 15 is 8.78 Å². The van der Waals surface area contributed by atoms with Crippen molar-refractivity contribution < 1.29 is 23.0 Å². The van der Waals surface area contributed by atoms with Crippen LogP contribution in [0.5, 0.6) is 5.75 Å². The fourth-order valence-electron chi connectivity index (χ4n) is 5.56. The van der Waals surface area contributed by atoms with Crippen LogP contribution in [0.25, 0.3) is 32.1 Å². The van der Waals surface area contributed by atoms with Crippen LogP contribution >= 0.6 is 34.7 Å². The van der Waals surface area contributed by atoms with E-state index in [0.29, 0.717) is 23.3 Å². The summed E-state index contributed by atoms with van der Waals surface area (Å²) in [7, 11) is 0. The van der Waals surface area contributed by atoms with Gasteiger partial charge in [0.2, 0.25) is 0 Å². The van der Waals surface area contributed by atoms with Crippen LogP contribution in [0.15, 0.2) is 35.6 Å². The van der Waals surface area contributed by atoms with Crippen LogP contribution in [0, 0.1) is 23.0 Å². The Bertz CT molecular complexity index is 2130. The standard InChI is InChI=1S/C32H28ClF2N7O3S2/c1-14(15-7-6-10-38-27(15)37)42-11-12-44-25-21-24(39-30(46-5)40-28(21)42)23(35)20(22(25)33)16-8-9-18(34)26-19(16)17(13-36)29(47-26)41-31(43)45-32(2,3)4/h6-10,14H,11-12H2,1-5H3,(H2,37,38)(H,41,43)/t14-/m1/s1. The average Bonchev–Trinajstić information content (AvgIpc) is 3.27. The van der Waals surface area contributed by atoms with E-state index in [9.17, 15) is 10.1 Å². The van der Waals surface area contributed by atoms with Gasteiger partial charge in [0, 0.05) is 22.7 Å². The number of ether oxygens (including phenoxy) is 2. The van der Waals surface area contributed by atoms with Gasteiger partial charge >= 0.3 is 6.09 Å². The first kappa shape index (κ1) is 32.5. The zero-order valence-electron chi connectivity index (χ0n) is 25.9. The first-order valence-electron chi connectivity index (χ1n) is 14.4. The number of pyridine rings is 1. The number of aromatic nitrogens is 3. The zero-order chi connectivity index (χ0) is 33.8. The van der Waals surface area contributed by atoms with Crippen LogP contribution in [0.1, 0.15) is 44.9 Å². The van der Waals surface area contributed by atoms with Gasteiger partial charge in [0.15, 0.2) is 16.7 Å². The Kier molecular flexibility index (Phi) is 8.50. The highest BCUT2D eigenvalue weighted by Crippen LogP contribution is 2.51. The first-order valence-corrected chi connectivity index (χ1v) is 16.8. The molecule has 0 aliphatic carbocycles. The molecule has 3 N–H and O–H groups in total. The molecule has 10 nitrogen and oxygen atoms in total. The van der Waals surface area contributed by atoms with E-state index in [1.54, 1.807) is 39.3 Å². The number of halogens is 3. The van der Waals surface area contributed by atoms with E-state index in [-0.39, 0.29) is 66.1 Å². The van der Waals surface area contributed by atoms with E-state index in [4.69, 9.17) is 31.8 Å². The van der Waals surface area contributed by atoms with Crippen molar-refractivity contribution in [3.05, 3.63) is 58.2 Å². The number of carbonyl (C=O) groups excluding carboxylic acids is 1. The number of fused-ring (bicyclic) bond motifs is 1. The van der Waals surface area contributed by atoms with Gasteiger partial charge in [0.05, 0.1) is 33.3 Å². The molecule has 1 aliphatic rings. The number of benzene rings is 2. The molecule has 0 bridgehead atoms. The van der Waals surface area contributed by atoms with Crippen molar-refractivity contribution in [1.29, 1.82) is 5.26 Å². The van der Waals surface area contributed by atoms with Gasteiger partial charge < -0.3 is 20.1 Å². The van der Waals surface area contributed by atoms with E-state index in [1.807, 2.05) is 24.0 Å². The molecular weight excluding hydrogens is 668 g/mol. The molecule has 6 rings (SSSR count). The number of carbonyl (C=O) groups is 1. The van der Waals surface area contributed by atoms with E-state index in [0.717, 1.165) is 23.0 Å². The largest absolute Gasteiger partial charge is 0.489 e. The van der Waals surface area contributed by atoms with Crippen LogP contribution < -0.4 is 20.7 Å². The number of anilines is 3. The number of hydrogen-bond donors (Lipinski definition) is 2. The number of nitrogen functional groups attached to an aromatic ring is 1. The molecular formula is C32H28ClF2N7O3S2. The lowest BCUT2D eigenvalue weighted by atomic mass is 9.96. The summed E-state index contributed by atoms with van der Waals surface area (Å²) < 4.78 is 43.9. The number of amides is 1. The fraction of sp³-hybridized carbons (Fsp3) is 0.281. The summed E-state index contributed by atoms with van der Waals surface area (Å²) in [6.45, 7) is 7.50. The summed E-state index contributed by atoms with van der Waals surface area (Å²) in [6, 6.07) is 7.87. The average molecular weight is 696 g/mol. The summed E-state index contributed by atoms with van der Waals surface area (Å²) >= 11 is 9.07. The minimum Gasteiger partial charge on any atom is -0.489 e. The van der Waals surface area contributed by atoms with Gasteiger partial charge in [-0.1, -0.05) is 35.5 Å². The summed E-state index contributed by atoms with van der Waals surface area (Å²) in [5.41, 5.74) is 6.00.